The molecule has 3 aromatic rings. The third kappa shape index (κ3) is 3.95. The molecule has 0 amide bonds. The van der Waals surface area contributed by atoms with Crippen LogP contribution in [0.25, 0.3) is 22.6 Å². The van der Waals surface area contributed by atoms with E-state index in [0.29, 0.717) is 30.2 Å². The Morgan fingerprint density at radius 2 is 1.80 bits per heavy atom. The monoisotopic (exact) mass is 417 g/mol. The molecular weight excluding hydrogens is 395 g/mol. The van der Waals surface area contributed by atoms with Crippen molar-refractivity contribution in [2.75, 3.05) is 43.9 Å². The molecule has 0 radical (unpaired) electrons. The number of anilines is 2. The number of piperazine rings is 1. The average molecular weight is 417 g/mol. The lowest BCUT2D eigenvalue weighted by atomic mass is 10.1. The number of aromatic amines is 1. The summed E-state index contributed by atoms with van der Waals surface area (Å²) in [4.78, 5) is 13.3. The van der Waals surface area contributed by atoms with Gasteiger partial charge in [-0.25, -0.2) is 9.97 Å². The van der Waals surface area contributed by atoms with Gasteiger partial charge in [-0.2, -0.15) is 18.3 Å². The summed E-state index contributed by atoms with van der Waals surface area (Å²) in [6.07, 6.45) is -4.45. The minimum Gasteiger partial charge on any atom is -0.383 e. The normalized spacial score (nSPS) is 15.6. The van der Waals surface area contributed by atoms with Crippen molar-refractivity contribution in [1.29, 1.82) is 0 Å². The summed E-state index contributed by atoms with van der Waals surface area (Å²) in [6, 6.07) is 6.81. The van der Waals surface area contributed by atoms with E-state index in [1.54, 1.807) is 6.07 Å². The van der Waals surface area contributed by atoms with Crippen molar-refractivity contribution in [3.63, 3.8) is 0 Å². The third-order valence-corrected chi connectivity index (χ3v) is 5.13. The van der Waals surface area contributed by atoms with Crippen LogP contribution in [0.2, 0.25) is 0 Å². The largest absolute Gasteiger partial charge is 0.416 e. The van der Waals surface area contributed by atoms with Crippen LogP contribution in [0.5, 0.6) is 0 Å². The van der Waals surface area contributed by atoms with Crippen molar-refractivity contribution in [1.82, 2.24) is 25.1 Å². The van der Waals surface area contributed by atoms with Crippen LogP contribution in [0.15, 0.2) is 30.3 Å². The summed E-state index contributed by atoms with van der Waals surface area (Å²) in [6.45, 7) is 4.97. The van der Waals surface area contributed by atoms with Crippen LogP contribution in [0.3, 0.4) is 0 Å². The molecule has 10 heteroatoms. The number of aryl methyl sites for hydroxylation is 1. The van der Waals surface area contributed by atoms with Gasteiger partial charge in [0, 0.05) is 37.4 Å². The van der Waals surface area contributed by atoms with Gasteiger partial charge in [-0.3, -0.25) is 5.10 Å². The zero-order valence-corrected chi connectivity index (χ0v) is 16.7. The number of alkyl halides is 3. The molecule has 3 heterocycles. The lowest BCUT2D eigenvalue weighted by Gasteiger charge is -2.34. The molecule has 0 unspecified atom stereocenters. The molecule has 4 rings (SSSR count). The fourth-order valence-electron chi connectivity index (χ4n) is 3.47. The summed E-state index contributed by atoms with van der Waals surface area (Å²) in [5, 5.41) is 7.18. The lowest BCUT2D eigenvalue weighted by Crippen LogP contribution is -2.45. The molecule has 0 spiro atoms. The maximum Gasteiger partial charge on any atom is 0.416 e. The van der Waals surface area contributed by atoms with Crippen molar-refractivity contribution >= 4 is 11.6 Å². The molecule has 7 nitrogen and oxygen atoms in total. The van der Waals surface area contributed by atoms with Crippen molar-refractivity contribution in [2.45, 2.75) is 13.1 Å². The SMILES string of the molecule is Cc1cc(-c2c(N)nc(-c3cccc(C(F)(F)F)c3)nc2N2CCN(C)CC2)n[nH]1. The first-order chi connectivity index (χ1) is 14.2. The Kier molecular flexibility index (Phi) is 5.10. The van der Waals surface area contributed by atoms with Gasteiger partial charge in [0.2, 0.25) is 0 Å². The summed E-state index contributed by atoms with van der Waals surface area (Å²) in [5.74, 6) is 0.913. The Bertz CT molecular complexity index is 1050. The van der Waals surface area contributed by atoms with Gasteiger partial charge in [-0.05, 0) is 32.2 Å². The highest BCUT2D eigenvalue weighted by molar-refractivity contribution is 5.84. The topological polar surface area (TPSA) is 87.0 Å². The van der Waals surface area contributed by atoms with E-state index in [1.165, 1.54) is 6.07 Å². The average Bonchev–Trinajstić information content (AvgIpc) is 3.13. The fourth-order valence-corrected chi connectivity index (χ4v) is 3.47. The second kappa shape index (κ2) is 7.60. The van der Waals surface area contributed by atoms with Crippen molar-refractivity contribution in [3.05, 3.63) is 41.6 Å². The number of halogens is 3. The number of aromatic nitrogens is 4. The Balaban J connectivity index is 1.84. The number of hydrogen-bond donors (Lipinski definition) is 2. The van der Waals surface area contributed by atoms with Gasteiger partial charge in [-0.15, -0.1) is 0 Å². The van der Waals surface area contributed by atoms with Gasteiger partial charge in [0.05, 0.1) is 16.8 Å². The number of nitrogens with two attached hydrogens (primary N) is 1. The third-order valence-electron chi connectivity index (χ3n) is 5.13. The minimum atomic E-state index is -4.45. The first kappa shape index (κ1) is 20.1. The molecule has 1 aromatic carbocycles. The molecule has 0 bridgehead atoms. The Morgan fingerprint density at radius 1 is 1.07 bits per heavy atom. The van der Waals surface area contributed by atoms with Gasteiger partial charge in [0.15, 0.2) is 5.82 Å². The number of H-pyrrole nitrogens is 1. The number of nitrogens with one attached hydrogen (secondary N) is 1. The quantitative estimate of drug-likeness (QED) is 0.681. The van der Waals surface area contributed by atoms with Crippen LogP contribution in [0.1, 0.15) is 11.3 Å². The predicted molar refractivity (Wildman–Crippen MR) is 109 cm³/mol. The summed E-state index contributed by atoms with van der Waals surface area (Å²) >= 11 is 0. The van der Waals surface area contributed by atoms with Crippen LogP contribution in [0, 0.1) is 6.92 Å². The van der Waals surface area contributed by atoms with Gasteiger partial charge in [0.1, 0.15) is 11.6 Å². The smallest absolute Gasteiger partial charge is 0.383 e. The molecular formula is C20H22F3N7. The molecule has 1 fully saturated rings. The molecule has 1 aliphatic heterocycles. The zero-order chi connectivity index (χ0) is 21.5. The zero-order valence-electron chi connectivity index (χ0n) is 16.7. The first-order valence-electron chi connectivity index (χ1n) is 9.53. The van der Waals surface area contributed by atoms with E-state index in [-0.39, 0.29) is 17.2 Å². The van der Waals surface area contributed by atoms with E-state index < -0.39 is 11.7 Å². The number of nitrogen functional groups attached to an aromatic ring is 1. The van der Waals surface area contributed by atoms with E-state index in [1.807, 2.05) is 20.0 Å². The van der Waals surface area contributed by atoms with Crippen molar-refractivity contribution in [3.8, 4) is 22.6 Å². The molecule has 0 aliphatic carbocycles. The number of benzene rings is 1. The number of rotatable bonds is 3. The molecule has 30 heavy (non-hydrogen) atoms. The summed E-state index contributed by atoms with van der Waals surface area (Å²) in [7, 11) is 2.04. The summed E-state index contributed by atoms with van der Waals surface area (Å²) in [5.41, 5.74) is 7.85. The number of likely N-dealkylation sites (N-methyl/N-ethyl adjacent to an activating group) is 1. The van der Waals surface area contributed by atoms with Crippen LogP contribution in [-0.2, 0) is 6.18 Å². The molecule has 158 valence electrons. The van der Waals surface area contributed by atoms with Crippen LogP contribution in [-0.4, -0.2) is 58.3 Å². The van der Waals surface area contributed by atoms with E-state index in [4.69, 9.17) is 5.73 Å². The summed E-state index contributed by atoms with van der Waals surface area (Å²) < 4.78 is 39.5. The van der Waals surface area contributed by atoms with Crippen molar-refractivity contribution in [2.24, 2.45) is 0 Å². The minimum absolute atomic E-state index is 0.156. The molecule has 2 aromatic heterocycles. The van der Waals surface area contributed by atoms with E-state index in [9.17, 15) is 13.2 Å². The molecule has 0 saturated carbocycles. The van der Waals surface area contributed by atoms with E-state index in [0.717, 1.165) is 30.9 Å². The van der Waals surface area contributed by atoms with E-state index in [2.05, 4.69) is 30.0 Å². The fraction of sp³-hybridized carbons (Fsp3) is 0.350. The van der Waals surface area contributed by atoms with Crippen LogP contribution >= 0.6 is 0 Å². The Hall–Kier alpha value is -3.14. The standard InChI is InChI=1S/C20H22F3N7/c1-12-10-15(28-27-12)16-17(24)25-18(13-4-3-5-14(11-13)20(21,22)23)26-19(16)30-8-6-29(2)7-9-30/h3-5,10-11H,6-9H2,1-2H3,(H,27,28)(H2,24,25,26). The van der Waals surface area contributed by atoms with Crippen LogP contribution in [0.4, 0.5) is 24.8 Å². The molecule has 1 aliphatic rings. The van der Waals surface area contributed by atoms with Gasteiger partial charge in [-0.1, -0.05) is 12.1 Å². The number of hydrogen-bond acceptors (Lipinski definition) is 6. The van der Waals surface area contributed by atoms with Crippen LogP contribution < -0.4 is 10.6 Å². The van der Waals surface area contributed by atoms with Gasteiger partial charge >= 0.3 is 6.18 Å². The maximum absolute atomic E-state index is 13.2. The predicted octanol–water partition coefficient (Wildman–Crippen LogP) is 3.19. The molecule has 1 saturated heterocycles. The highest BCUT2D eigenvalue weighted by Crippen LogP contribution is 2.36. The highest BCUT2D eigenvalue weighted by Gasteiger charge is 2.31. The molecule has 0 atom stereocenters. The molecule has 3 N–H and O–H groups in total. The second-order valence-corrected chi connectivity index (χ2v) is 7.44. The second-order valence-electron chi connectivity index (χ2n) is 7.44. The van der Waals surface area contributed by atoms with Crippen molar-refractivity contribution < 1.29 is 13.2 Å². The Morgan fingerprint density at radius 3 is 2.43 bits per heavy atom. The first-order valence-corrected chi connectivity index (χ1v) is 9.53. The maximum atomic E-state index is 13.2. The van der Waals surface area contributed by atoms with Gasteiger partial charge in [0.25, 0.3) is 0 Å². The Labute approximate surface area is 171 Å². The highest BCUT2D eigenvalue weighted by atomic mass is 19.4. The van der Waals surface area contributed by atoms with Gasteiger partial charge < -0.3 is 15.5 Å². The van der Waals surface area contributed by atoms with E-state index >= 15 is 0 Å². The number of nitrogens with zero attached hydrogens (tertiary/aromatic N) is 5. The lowest BCUT2D eigenvalue weighted by molar-refractivity contribution is -0.137.